The highest BCUT2D eigenvalue weighted by atomic mass is 19.1. The van der Waals surface area contributed by atoms with Crippen LogP contribution in [0.3, 0.4) is 0 Å². The molecule has 0 spiro atoms. The molecular formula is C12H16FNO2. The number of rotatable bonds is 3. The molecule has 2 unspecified atom stereocenters. The summed E-state index contributed by atoms with van der Waals surface area (Å²) in [6.07, 6.45) is -0.476. The van der Waals surface area contributed by atoms with Crippen molar-refractivity contribution in [2.24, 2.45) is 0 Å². The summed E-state index contributed by atoms with van der Waals surface area (Å²) >= 11 is 0. The summed E-state index contributed by atoms with van der Waals surface area (Å²) in [7, 11) is 0. The molecule has 0 radical (unpaired) electrons. The van der Waals surface area contributed by atoms with Crippen LogP contribution in [0.1, 0.15) is 18.5 Å². The number of aliphatic hydroxyl groups excluding tert-OH is 1. The van der Waals surface area contributed by atoms with Gasteiger partial charge in [-0.15, -0.1) is 0 Å². The second-order valence-electron chi connectivity index (χ2n) is 4.15. The number of hydrogen-bond donors (Lipinski definition) is 2. The normalized spacial score (nSPS) is 26.9. The monoisotopic (exact) mass is 225 g/mol. The number of hydrogen-bond acceptors (Lipinski definition) is 3. The van der Waals surface area contributed by atoms with E-state index in [2.05, 4.69) is 5.32 Å². The van der Waals surface area contributed by atoms with Crippen LogP contribution in [-0.2, 0) is 4.74 Å². The van der Waals surface area contributed by atoms with Crippen molar-refractivity contribution < 1.29 is 14.2 Å². The van der Waals surface area contributed by atoms with Crippen LogP contribution in [0, 0.1) is 5.82 Å². The fourth-order valence-corrected chi connectivity index (χ4v) is 1.90. The number of aliphatic hydroxyl groups is 1. The largest absolute Gasteiger partial charge is 0.389 e. The number of ether oxygens (including phenoxy) is 1. The van der Waals surface area contributed by atoms with Crippen LogP contribution in [-0.4, -0.2) is 30.5 Å². The van der Waals surface area contributed by atoms with Crippen molar-refractivity contribution in [1.82, 2.24) is 5.32 Å². The minimum absolute atomic E-state index is 0.00273. The molecule has 0 amide bonds. The Morgan fingerprint density at radius 2 is 2.31 bits per heavy atom. The molecule has 1 aliphatic rings. The maximum atomic E-state index is 13.0. The van der Waals surface area contributed by atoms with Gasteiger partial charge in [-0.05, 0) is 24.6 Å². The Kier molecular flexibility index (Phi) is 3.53. The van der Waals surface area contributed by atoms with Crippen LogP contribution in [0.4, 0.5) is 4.39 Å². The second-order valence-corrected chi connectivity index (χ2v) is 4.15. The molecule has 0 aromatic heterocycles. The third kappa shape index (κ3) is 2.58. The first-order valence-electron chi connectivity index (χ1n) is 5.44. The molecule has 1 aromatic carbocycles. The van der Waals surface area contributed by atoms with Gasteiger partial charge in [-0.2, -0.15) is 0 Å². The molecule has 4 heteroatoms. The molecule has 3 atom stereocenters. The number of nitrogens with one attached hydrogen (secondary N) is 1. The molecule has 2 rings (SSSR count). The second kappa shape index (κ2) is 4.91. The topological polar surface area (TPSA) is 41.5 Å². The predicted molar refractivity (Wildman–Crippen MR) is 58.6 cm³/mol. The average molecular weight is 225 g/mol. The van der Waals surface area contributed by atoms with E-state index >= 15 is 0 Å². The van der Waals surface area contributed by atoms with Crippen molar-refractivity contribution in [1.29, 1.82) is 0 Å². The lowest BCUT2D eigenvalue weighted by Gasteiger charge is -2.21. The van der Waals surface area contributed by atoms with Gasteiger partial charge in [0.2, 0.25) is 0 Å². The van der Waals surface area contributed by atoms with E-state index in [-0.39, 0.29) is 17.9 Å². The molecule has 1 aliphatic heterocycles. The van der Waals surface area contributed by atoms with Gasteiger partial charge in [0.1, 0.15) is 5.82 Å². The van der Waals surface area contributed by atoms with Gasteiger partial charge < -0.3 is 15.2 Å². The molecule has 1 fully saturated rings. The summed E-state index contributed by atoms with van der Waals surface area (Å²) in [5, 5.41) is 12.8. The maximum Gasteiger partial charge on any atom is 0.123 e. The van der Waals surface area contributed by atoms with Crippen molar-refractivity contribution in [3.05, 3.63) is 35.6 Å². The molecule has 0 bridgehead atoms. The molecule has 1 saturated heterocycles. The van der Waals surface area contributed by atoms with E-state index in [1.54, 1.807) is 6.07 Å². The minimum atomic E-state index is -0.476. The van der Waals surface area contributed by atoms with Crippen molar-refractivity contribution in [2.45, 2.75) is 25.1 Å². The Bertz CT molecular complexity index is 359. The lowest BCUT2D eigenvalue weighted by Crippen LogP contribution is -2.40. The SMILES string of the molecule is C[C@H](NC1COCC1O)c1cccc(F)c1. The van der Waals surface area contributed by atoms with E-state index < -0.39 is 6.10 Å². The van der Waals surface area contributed by atoms with Crippen molar-refractivity contribution >= 4 is 0 Å². The van der Waals surface area contributed by atoms with E-state index in [1.807, 2.05) is 13.0 Å². The van der Waals surface area contributed by atoms with E-state index in [1.165, 1.54) is 12.1 Å². The average Bonchev–Trinajstić information content (AvgIpc) is 2.64. The Hall–Kier alpha value is -0.970. The molecule has 1 heterocycles. The first kappa shape index (κ1) is 11.5. The Morgan fingerprint density at radius 3 is 2.94 bits per heavy atom. The van der Waals surface area contributed by atoms with Crippen LogP contribution in [0.2, 0.25) is 0 Å². The molecular weight excluding hydrogens is 209 g/mol. The highest BCUT2D eigenvalue weighted by Crippen LogP contribution is 2.16. The van der Waals surface area contributed by atoms with E-state index in [4.69, 9.17) is 4.74 Å². The Balaban J connectivity index is 1.99. The number of benzene rings is 1. The molecule has 3 nitrogen and oxygen atoms in total. The summed E-state index contributed by atoms with van der Waals surface area (Å²) in [6.45, 7) is 2.81. The van der Waals surface area contributed by atoms with Crippen LogP contribution >= 0.6 is 0 Å². The molecule has 16 heavy (non-hydrogen) atoms. The lowest BCUT2D eigenvalue weighted by molar-refractivity contribution is 0.121. The molecule has 0 saturated carbocycles. The van der Waals surface area contributed by atoms with Crippen LogP contribution in [0.15, 0.2) is 24.3 Å². The van der Waals surface area contributed by atoms with Crippen molar-refractivity contribution in [3.8, 4) is 0 Å². The van der Waals surface area contributed by atoms with Gasteiger partial charge >= 0.3 is 0 Å². The zero-order valence-corrected chi connectivity index (χ0v) is 9.19. The summed E-state index contributed by atoms with van der Waals surface area (Å²) in [4.78, 5) is 0. The number of halogens is 1. The minimum Gasteiger partial charge on any atom is -0.389 e. The summed E-state index contributed by atoms with van der Waals surface area (Å²) in [6, 6.07) is 6.40. The van der Waals surface area contributed by atoms with Crippen LogP contribution in [0.25, 0.3) is 0 Å². The third-order valence-electron chi connectivity index (χ3n) is 2.86. The van der Waals surface area contributed by atoms with Gasteiger partial charge in [0, 0.05) is 6.04 Å². The lowest BCUT2D eigenvalue weighted by atomic mass is 10.1. The van der Waals surface area contributed by atoms with E-state index in [0.29, 0.717) is 13.2 Å². The zero-order chi connectivity index (χ0) is 11.5. The van der Waals surface area contributed by atoms with Crippen molar-refractivity contribution in [2.75, 3.05) is 13.2 Å². The maximum absolute atomic E-state index is 13.0. The summed E-state index contributed by atoms with van der Waals surface area (Å²) < 4.78 is 18.2. The Labute approximate surface area is 94.2 Å². The highest BCUT2D eigenvalue weighted by Gasteiger charge is 2.27. The van der Waals surface area contributed by atoms with Gasteiger partial charge in [-0.1, -0.05) is 12.1 Å². The molecule has 1 aromatic rings. The third-order valence-corrected chi connectivity index (χ3v) is 2.86. The first-order chi connectivity index (χ1) is 7.66. The predicted octanol–water partition coefficient (Wildman–Crippen LogP) is 1.24. The zero-order valence-electron chi connectivity index (χ0n) is 9.19. The van der Waals surface area contributed by atoms with Gasteiger partial charge in [0.05, 0.1) is 25.4 Å². The van der Waals surface area contributed by atoms with Crippen LogP contribution in [0.5, 0.6) is 0 Å². The van der Waals surface area contributed by atoms with E-state index in [0.717, 1.165) is 5.56 Å². The van der Waals surface area contributed by atoms with E-state index in [9.17, 15) is 9.50 Å². The van der Waals surface area contributed by atoms with Crippen molar-refractivity contribution in [3.63, 3.8) is 0 Å². The fourth-order valence-electron chi connectivity index (χ4n) is 1.90. The molecule has 2 N–H and O–H groups in total. The quantitative estimate of drug-likeness (QED) is 0.813. The summed E-state index contributed by atoms with van der Waals surface area (Å²) in [5.74, 6) is -0.241. The fraction of sp³-hybridized carbons (Fsp3) is 0.500. The van der Waals surface area contributed by atoms with Gasteiger partial charge in [-0.3, -0.25) is 0 Å². The van der Waals surface area contributed by atoms with Gasteiger partial charge in [-0.25, -0.2) is 4.39 Å². The molecule has 0 aliphatic carbocycles. The highest BCUT2D eigenvalue weighted by molar-refractivity contribution is 5.19. The van der Waals surface area contributed by atoms with Gasteiger partial charge in [0.15, 0.2) is 0 Å². The Morgan fingerprint density at radius 1 is 1.50 bits per heavy atom. The standard InChI is InChI=1S/C12H16FNO2/c1-8(9-3-2-4-10(13)5-9)14-11-6-16-7-12(11)15/h2-5,8,11-12,14-15H,6-7H2,1H3/t8-,11?,12?/m0/s1. The summed E-state index contributed by atoms with van der Waals surface area (Å²) in [5.41, 5.74) is 0.874. The smallest absolute Gasteiger partial charge is 0.123 e. The van der Waals surface area contributed by atoms with Gasteiger partial charge in [0.25, 0.3) is 0 Å². The molecule has 88 valence electrons. The first-order valence-corrected chi connectivity index (χ1v) is 5.44. The van der Waals surface area contributed by atoms with Crippen LogP contribution < -0.4 is 5.32 Å².